The highest BCUT2D eigenvalue weighted by Crippen LogP contribution is 2.28. The third-order valence-electron chi connectivity index (χ3n) is 2.98. The molecule has 7 heteroatoms. The number of hydrogen-bond acceptors (Lipinski definition) is 2. The van der Waals surface area contributed by atoms with Gasteiger partial charge in [-0.05, 0) is 12.8 Å². The van der Waals surface area contributed by atoms with Crippen molar-refractivity contribution in [3.8, 4) is 0 Å². The molecule has 4 nitrogen and oxygen atoms in total. The molecule has 2 atom stereocenters. The summed E-state index contributed by atoms with van der Waals surface area (Å²) < 4.78 is 3.96. The van der Waals surface area contributed by atoms with Crippen LogP contribution in [0.2, 0.25) is 0 Å². The van der Waals surface area contributed by atoms with Gasteiger partial charge < -0.3 is 15.4 Å². The smallest absolute Gasteiger partial charge is 0.262 e. The molecular weight excluding hydrogens is 311 g/mol. The van der Waals surface area contributed by atoms with Gasteiger partial charge in [0, 0.05) is 12.0 Å². The van der Waals surface area contributed by atoms with Gasteiger partial charge in [-0.3, -0.25) is 4.79 Å². The van der Waals surface area contributed by atoms with Crippen LogP contribution in [-0.4, -0.2) is 35.1 Å². The van der Waals surface area contributed by atoms with E-state index in [9.17, 15) is 4.79 Å². The molecule has 1 saturated heterocycles. The van der Waals surface area contributed by atoms with Crippen LogP contribution in [0.25, 0.3) is 0 Å². The van der Waals surface area contributed by atoms with E-state index in [0.29, 0.717) is 6.54 Å². The van der Waals surface area contributed by atoms with Gasteiger partial charge >= 0.3 is 0 Å². The summed E-state index contributed by atoms with van der Waals surface area (Å²) in [5.74, 6) is -0.146. The summed E-state index contributed by atoms with van der Waals surface area (Å²) in [5.41, 5.74) is -0.522. The summed E-state index contributed by atoms with van der Waals surface area (Å²) in [4.78, 5) is 12.0. The lowest BCUT2D eigenvalue weighted by Crippen LogP contribution is -2.98. The van der Waals surface area contributed by atoms with E-state index < -0.39 is 15.4 Å². The Bertz CT molecular complexity index is 307. The molecule has 0 aromatic heterocycles. The van der Waals surface area contributed by atoms with Crippen molar-refractivity contribution in [1.82, 2.24) is 5.32 Å². The summed E-state index contributed by atoms with van der Waals surface area (Å²) in [6, 6.07) is 0. The van der Waals surface area contributed by atoms with Crippen LogP contribution in [0.5, 0.6) is 0 Å². The monoisotopic (exact) mass is 331 g/mol. The Labute approximate surface area is 129 Å². The molecule has 3 N–H and O–H groups in total. The van der Waals surface area contributed by atoms with Crippen LogP contribution in [0.15, 0.2) is 0 Å². The Morgan fingerprint density at radius 2 is 2.05 bits per heavy atom. The zero-order valence-electron chi connectivity index (χ0n) is 11.5. The molecule has 0 radical (unpaired) electrons. The van der Waals surface area contributed by atoms with Crippen molar-refractivity contribution < 1.29 is 14.8 Å². The lowest BCUT2D eigenvalue weighted by Gasteiger charge is -2.27. The predicted molar refractivity (Wildman–Crippen MR) is 77.4 cm³/mol. The lowest BCUT2D eigenvalue weighted by atomic mass is 9.95. The fourth-order valence-electron chi connectivity index (χ4n) is 1.75. The van der Waals surface area contributed by atoms with Crippen molar-refractivity contribution >= 4 is 40.7 Å². The van der Waals surface area contributed by atoms with E-state index in [-0.39, 0.29) is 12.0 Å². The topological polar surface area (TPSA) is 54.9 Å². The maximum atomic E-state index is 12.0. The van der Waals surface area contributed by atoms with Gasteiger partial charge in [0.2, 0.25) is 12.1 Å². The first kappa shape index (κ1) is 17.3. The molecule has 1 amide bonds. The van der Waals surface area contributed by atoms with Gasteiger partial charge in [-0.15, -0.1) is 0 Å². The third-order valence-corrected chi connectivity index (χ3v) is 3.68. The number of hydrogen-bond donors (Lipinski definition) is 2. The molecule has 19 heavy (non-hydrogen) atoms. The number of halogens is 3. The molecule has 0 spiro atoms. The van der Waals surface area contributed by atoms with E-state index in [4.69, 9.17) is 39.5 Å². The highest BCUT2D eigenvalue weighted by molar-refractivity contribution is 6.68. The van der Waals surface area contributed by atoms with Crippen LogP contribution in [0.1, 0.15) is 33.6 Å². The highest BCUT2D eigenvalue weighted by atomic mass is 35.6. The van der Waals surface area contributed by atoms with Crippen molar-refractivity contribution in [1.29, 1.82) is 0 Å². The quantitative estimate of drug-likeness (QED) is 0.607. The van der Waals surface area contributed by atoms with Crippen molar-refractivity contribution in [2.75, 3.05) is 13.2 Å². The van der Waals surface area contributed by atoms with Gasteiger partial charge in [-0.2, -0.15) is 0 Å². The average Bonchev–Trinajstić information content (AvgIpc) is 2.73. The Kier molecular flexibility index (Phi) is 6.21. The number of nitrogens with one attached hydrogen (secondary N) is 1. The average molecular weight is 333 g/mol. The second kappa shape index (κ2) is 6.81. The summed E-state index contributed by atoms with van der Waals surface area (Å²) in [6.45, 7) is 6.90. The van der Waals surface area contributed by atoms with Crippen LogP contribution in [0.4, 0.5) is 0 Å². The molecule has 1 aliphatic rings. The number of amides is 1. The molecule has 1 fully saturated rings. The number of quaternary nitrogens is 1. The first-order chi connectivity index (χ1) is 8.60. The zero-order chi connectivity index (χ0) is 14.7. The van der Waals surface area contributed by atoms with Gasteiger partial charge in [-0.25, -0.2) is 0 Å². The SMILES string of the molecule is CC(C)(C)C(=O)N[C@@H]([NH2+]C[C@H]1CCCO1)C(Cl)(Cl)Cl. The fraction of sp³-hybridized carbons (Fsp3) is 0.917. The largest absolute Gasteiger partial charge is 0.372 e. The van der Waals surface area contributed by atoms with E-state index in [1.807, 2.05) is 26.1 Å². The van der Waals surface area contributed by atoms with Crippen molar-refractivity contribution in [2.45, 2.75) is 49.7 Å². The maximum Gasteiger partial charge on any atom is 0.262 e. The molecule has 1 aliphatic heterocycles. The third kappa shape index (κ3) is 6.05. The summed E-state index contributed by atoms with van der Waals surface area (Å²) in [5, 5.41) is 4.60. The summed E-state index contributed by atoms with van der Waals surface area (Å²) in [6.07, 6.45) is 1.62. The van der Waals surface area contributed by atoms with Crippen LogP contribution in [-0.2, 0) is 9.53 Å². The van der Waals surface area contributed by atoms with Gasteiger partial charge in [-0.1, -0.05) is 55.6 Å². The molecule has 0 aliphatic carbocycles. The maximum absolute atomic E-state index is 12.0. The Morgan fingerprint density at radius 3 is 2.47 bits per heavy atom. The van der Waals surface area contributed by atoms with Gasteiger partial charge in [0.25, 0.3) is 3.79 Å². The van der Waals surface area contributed by atoms with Gasteiger partial charge in [0.05, 0.1) is 0 Å². The number of carbonyl (C=O) groups is 1. The van der Waals surface area contributed by atoms with Crippen molar-refractivity contribution in [3.63, 3.8) is 0 Å². The van der Waals surface area contributed by atoms with Crippen LogP contribution < -0.4 is 10.6 Å². The predicted octanol–water partition coefficient (Wildman–Crippen LogP) is 1.59. The van der Waals surface area contributed by atoms with Gasteiger partial charge in [0.15, 0.2) is 0 Å². The number of ether oxygens (including phenoxy) is 1. The number of alkyl halides is 3. The molecule has 0 bridgehead atoms. The molecule has 1 heterocycles. The standard InChI is InChI=1S/C12H21Cl3N2O2/c1-11(2,3)10(18)17-9(12(13,14)15)16-7-8-5-4-6-19-8/h8-9,16H,4-7H2,1-3H3,(H,17,18)/p+1/t8-,9-/m1/s1. The normalized spacial score (nSPS) is 22.3. The molecule has 1 rings (SSSR count). The zero-order valence-corrected chi connectivity index (χ0v) is 13.8. The number of carbonyl (C=O) groups excluding carboxylic acids is 1. The van der Waals surface area contributed by atoms with Crippen LogP contribution in [0, 0.1) is 5.41 Å². The van der Waals surface area contributed by atoms with E-state index in [1.54, 1.807) is 0 Å². The van der Waals surface area contributed by atoms with Crippen molar-refractivity contribution in [3.05, 3.63) is 0 Å². The Balaban J connectivity index is 2.54. The first-order valence-electron chi connectivity index (χ1n) is 6.43. The second-order valence-corrected chi connectivity index (χ2v) is 8.22. The van der Waals surface area contributed by atoms with Gasteiger partial charge in [0.1, 0.15) is 12.6 Å². The lowest BCUT2D eigenvalue weighted by molar-refractivity contribution is -0.697. The molecule has 0 unspecified atom stereocenters. The van der Waals surface area contributed by atoms with E-state index >= 15 is 0 Å². The van der Waals surface area contributed by atoms with E-state index in [2.05, 4.69) is 5.32 Å². The molecular formula is C12H22Cl3N2O2+. The van der Waals surface area contributed by atoms with E-state index in [0.717, 1.165) is 19.4 Å². The Morgan fingerprint density at radius 1 is 1.42 bits per heavy atom. The summed E-state index contributed by atoms with van der Waals surface area (Å²) >= 11 is 17.8. The second-order valence-electron chi connectivity index (χ2n) is 5.85. The minimum Gasteiger partial charge on any atom is -0.372 e. The minimum atomic E-state index is -1.56. The first-order valence-corrected chi connectivity index (χ1v) is 7.56. The minimum absolute atomic E-state index is 0.146. The molecule has 0 saturated carbocycles. The molecule has 112 valence electrons. The highest BCUT2D eigenvalue weighted by Gasteiger charge is 2.39. The van der Waals surface area contributed by atoms with Crippen LogP contribution >= 0.6 is 34.8 Å². The number of nitrogens with two attached hydrogens (primary N) is 1. The van der Waals surface area contributed by atoms with Crippen LogP contribution in [0.3, 0.4) is 0 Å². The molecule has 0 aromatic rings. The Hall–Kier alpha value is 0.260. The number of rotatable bonds is 4. The van der Waals surface area contributed by atoms with E-state index in [1.165, 1.54) is 0 Å². The fourth-order valence-corrected chi connectivity index (χ4v) is 2.18. The van der Waals surface area contributed by atoms with Crippen molar-refractivity contribution in [2.24, 2.45) is 5.41 Å². The summed E-state index contributed by atoms with van der Waals surface area (Å²) in [7, 11) is 0. The molecule has 0 aromatic carbocycles.